The lowest BCUT2D eigenvalue weighted by atomic mass is 10.3. The summed E-state index contributed by atoms with van der Waals surface area (Å²) in [5.74, 6) is -1.30. The molecule has 0 radical (unpaired) electrons. The summed E-state index contributed by atoms with van der Waals surface area (Å²) >= 11 is 6.47. The second-order valence-electron chi connectivity index (χ2n) is 2.33. The molecule has 0 aromatic heterocycles. The third-order valence-electron chi connectivity index (χ3n) is 1.26. The maximum atomic E-state index is 12.7. The molecule has 0 saturated heterocycles. The van der Waals surface area contributed by atoms with E-state index in [4.69, 9.17) is 16.7 Å². The number of thioether (sulfide) groups is 1. The molecule has 1 rings (SSSR count). The lowest BCUT2D eigenvalue weighted by Crippen LogP contribution is -1.84. The summed E-state index contributed by atoms with van der Waals surface area (Å²) in [4.78, 5) is 11.0. The van der Waals surface area contributed by atoms with Gasteiger partial charge in [-0.05, 0) is 12.1 Å². The molecule has 2 nitrogen and oxygen atoms in total. The standard InChI is InChI=1S/C8H6ClFO2S/c1-4(11)13-8-3-7(12)6(10)2-5(8)9/h2-3,12H,1H3. The fraction of sp³-hybridized carbons (Fsp3) is 0.125. The minimum Gasteiger partial charge on any atom is -0.505 e. The average Bonchev–Trinajstić information content (AvgIpc) is 1.99. The van der Waals surface area contributed by atoms with E-state index in [1.54, 1.807) is 0 Å². The van der Waals surface area contributed by atoms with Crippen LogP contribution in [0.1, 0.15) is 6.92 Å². The Morgan fingerprint density at radius 2 is 2.23 bits per heavy atom. The molecular weight excluding hydrogens is 215 g/mol. The van der Waals surface area contributed by atoms with E-state index in [-0.39, 0.29) is 10.1 Å². The highest BCUT2D eigenvalue weighted by Gasteiger charge is 2.09. The number of hydrogen-bond acceptors (Lipinski definition) is 3. The van der Waals surface area contributed by atoms with Crippen LogP contribution in [0.4, 0.5) is 4.39 Å². The molecule has 0 spiro atoms. The largest absolute Gasteiger partial charge is 0.505 e. The van der Waals surface area contributed by atoms with Crippen LogP contribution in [0.5, 0.6) is 5.75 Å². The van der Waals surface area contributed by atoms with Gasteiger partial charge in [-0.3, -0.25) is 4.79 Å². The Morgan fingerprint density at radius 1 is 1.62 bits per heavy atom. The lowest BCUT2D eigenvalue weighted by molar-refractivity contribution is -0.109. The first kappa shape index (κ1) is 10.3. The van der Waals surface area contributed by atoms with Crippen molar-refractivity contribution in [2.24, 2.45) is 0 Å². The zero-order valence-corrected chi connectivity index (χ0v) is 8.25. The highest BCUT2D eigenvalue weighted by atomic mass is 35.5. The number of rotatable bonds is 1. The second kappa shape index (κ2) is 3.98. The summed E-state index contributed by atoms with van der Waals surface area (Å²) in [5, 5.41) is 8.93. The van der Waals surface area contributed by atoms with Crippen molar-refractivity contribution >= 4 is 28.5 Å². The molecule has 0 heterocycles. The summed E-state index contributed by atoms with van der Waals surface area (Å²) < 4.78 is 12.7. The van der Waals surface area contributed by atoms with Crippen LogP contribution in [0.25, 0.3) is 0 Å². The number of benzene rings is 1. The number of aromatic hydroxyl groups is 1. The molecule has 70 valence electrons. The predicted molar refractivity (Wildman–Crippen MR) is 49.6 cm³/mol. The number of carbonyl (C=O) groups is 1. The van der Waals surface area contributed by atoms with Gasteiger partial charge in [0, 0.05) is 11.8 Å². The van der Waals surface area contributed by atoms with Gasteiger partial charge in [-0.25, -0.2) is 4.39 Å². The lowest BCUT2D eigenvalue weighted by Gasteiger charge is -2.02. The first-order chi connectivity index (χ1) is 6.00. The first-order valence-electron chi connectivity index (χ1n) is 3.37. The molecule has 13 heavy (non-hydrogen) atoms. The van der Waals surface area contributed by atoms with Gasteiger partial charge in [-0.1, -0.05) is 23.4 Å². The van der Waals surface area contributed by atoms with E-state index in [9.17, 15) is 9.18 Å². The van der Waals surface area contributed by atoms with Crippen LogP contribution in [-0.4, -0.2) is 10.2 Å². The molecule has 0 aliphatic carbocycles. The van der Waals surface area contributed by atoms with Crippen molar-refractivity contribution < 1.29 is 14.3 Å². The Morgan fingerprint density at radius 3 is 2.77 bits per heavy atom. The number of carbonyl (C=O) groups excluding carboxylic acids is 1. The molecule has 0 aliphatic heterocycles. The van der Waals surface area contributed by atoms with Gasteiger partial charge in [0.05, 0.1) is 5.02 Å². The zero-order valence-electron chi connectivity index (χ0n) is 6.67. The first-order valence-corrected chi connectivity index (χ1v) is 4.56. The second-order valence-corrected chi connectivity index (χ2v) is 3.95. The van der Waals surface area contributed by atoms with Crippen molar-refractivity contribution in [2.45, 2.75) is 11.8 Å². The molecule has 0 bridgehead atoms. The number of hydrogen-bond donors (Lipinski definition) is 1. The van der Waals surface area contributed by atoms with E-state index in [1.807, 2.05) is 0 Å². The molecule has 5 heteroatoms. The van der Waals surface area contributed by atoms with E-state index < -0.39 is 11.6 Å². The van der Waals surface area contributed by atoms with Gasteiger partial charge in [-0.15, -0.1) is 0 Å². The van der Waals surface area contributed by atoms with Crippen molar-refractivity contribution in [3.05, 3.63) is 23.0 Å². The summed E-state index contributed by atoms with van der Waals surface area (Å²) in [6.07, 6.45) is 0. The van der Waals surface area contributed by atoms with Gasteiger partial charge in [0.25, 0.3) is 0 Å². The van der Waals surface area contributed by atoms with Crippen LogP contribution in [0.15, 0.2) is 17.0 Å². The third-order valence-corrected chi connectivity index (χ3v) is 2.52. The monoisotopic (exact) mass is 220 g/mol. The highest BCUT2D eigenvalue weighted by Crippen LogP contribution is 2.32. The van der Waals surface area contributed by atoms with E-state index >= 15 is 0 Å². The molecule has 0 fully saturated rings. The van der Waals surface area contributed by atoms with Crippen LogP contribution >= 0.6 is 23.4 Å². The van der Waals surface area contributed by atoms with Gasteiger partial charge in [-0.2, -0.15) is 0 Å². The van der Waals surface area contributed by atoms with Crippen LogP contribution in [0, 0.1) is 5.82 Å². The molecule has 0 saturated carbocycles. The SMILES string of the molecule is CC(=O)Sc1cc(O)c(F)cc1Cl. The molecule has 0 amide bonds. The number of phenols is 1. The minimum atomic E-state index is -0.794. The van der Waals surface area contributed by atoms with Crippen LogP contribution in [-0.2, 0) is 4.79 Å². The van der Waals surface area contributed by atoms with Gasteiger partial charge in [0.1, 0.15) is 0 Å². The minimum absolute atomic E-state index is 0.121. The van der Waals surface area contributed by atoms with Gasteiger partial charge in [0.15, 0.2) is 16.7 Å². The Labute approximate surface area is 83.7 Å². The van der Waals surface area contributed by atoms with Crippen molar-refractivity contribution in [3.8, 4) is 5.75 Å². The summed E-state index contributed by atoms with van der Waals surface area (Å²) in [5.41, 5.74) is 0. The van der Waals surface area contributed by atoms with Crippen molar-refractivity contribution in [3.63, 3.8) is 0 Å². The predicted octanol–water partition coefficient (Wildman–Crippen LogP) is 2.82. The maximum absolute atomic E-state index is 12.7. The van der Waals surface area contributed by atoms with E-state index in [0.29, 0.717) is 4.90 Å². The van der Waals surface area contributed by atoms with Gasteiger partial charge >= 0.3 is 0 Å². The fourth-order valence-corrected chi connectivity index (χ4v) is 1.65. The fourth-order valence-electron chi connectivity index (χ4n) is 0.751. The van der Waals surface area contributed by atoms with E-state index in [2.05, 4.69) is 0 Å². The Hall–Kier alpha value is -0.740. The molecule has 1 aromatic rings. The topological polar surface area (TPSA) is 37.3 Å². The van der Waals surface area contributed by atoms with Crippen LogP contribution < -0.4 is 0 Å². The van der Waals surface area contributed by atoms with E-state index in [0.717, 1.165) is 23.9 Å². The Kier molecular flexibility index (Phi) is 3.17. The summed E-state index contributed by atoms with van der Waals surface area (Å²) in [6.45, 7) is 1.36. The van der Waals surface area contributed by atoms with Crippen molar-refractivity contribution in [1.82, 2.24) is 0 Å². The van der Waals surface area contributed by atoms with Gasteiger partial charge in [0.2, 0.25) is 0 Å². The maximum Gasteiger partial charge on any atom is 0.190 e. The third kappa shape index (κ3) is 2.60. The average molecular weight is 221 g/mol. The van der Waals surface area contributed by atoms with Crippen molar-refractivity contribution in [1.29, 1.82) is 0 Å². The molecule has 0 atom stereocenters. The van der Waals surface area contributed by atoms with Gasteiger partial charge < -0.3 is 5.11 Å². The quantitative estimate of drug-likeness (QED) is 0.740. The number of halogens is 2. The van der Waals surface area contributed by atoms with Crippen LogP contribution in [0.2, 0.25) is 5.02 Å². The van der Waals surface area contributed by atoms with Crippen molar-refractivity contribution in [2.75, 3.05) is 0 Å². The molecule has 1 N–H and O–H groups in total. The normalized spacial score (nSPS) is 10.1. The molecule has 0 aliphatic rings. The molecule has 0 unspecified atom stereocenters. The number of phenolic OH excluding ortho intramolecular Hbond substituents is 1. The van der Waals surface area contributed by atoms with E-state index in [1.165, 1.54) is 6.92 Å². The zero-order chi connectivity index (χ0) is 10.0. The summed E-state index contributed by atoms with van der Waals surface area (Å²) in [6, 6.07) is 2.10. The van der Waals surface area contributed by atoms with Crippen LogP contribution in [0.3, 0.4) is 0 Å². The highest BCUT2D eigenvalue weighted by molar-refractivity contribution is 8.13. The Bertz CT molecular complexity index is 354. The smallest absolute Gasteiger partial charge is 0.190 e. The molecular formula is C8H6ClFO2S. The Balaban J connectivity index is 3.08. The molecule has 1 aromatic carbocycles. The summed E-state index contributed by atoms with van der Waals surface area (Å²) in [7, 11) is 0.